The fourth-order valence-corrected chi connectivity index (χ4v) is 2.64. The van der Waals surface area contributed by atoms with Gasteiger partial charge in [0.1, 0.15) is 24.4 Å². The molecule has 0 bridgehead atoms. The largest absolute Gasteiger partial charge is 0.459 e. The summed E-state index contributed by atoms with van der Waals surface area (Å²) in [6, 6.07) is 9.74. The third kappa shape index (κ3) is 3.43. The average molecular weight is 289 g/mol. The van der Waals surface area contributed by atoms with E-state index < -0.39 is 0 Å². The number of carbonyl (C=O) groups excluding carboxylic acids is 1. The zero-order valence-electron chi connectivity index (χ0n) is 12.2. The minimum atomic E-state index is -0.120. The van der Waals surface area contributed by atoms with Crippen LogP contribution in [-0.2, 0) is 9.53 Å². The van der Waals surface area contributed by atoms with Gasteiger partial charge in [0.15, 0.2) is 6.54 Å². The van der Waals surface area contributed by atoms with Crippen LogP contribution in [0.25, 0.3) is 11.0 Å². The molecule has 3 rings (SSSR count). The molecule has 1 aromatic carbocycles. The molecule has 2 heterocycles. The molecule has 1 amide bonds. The Bertz CT molecular complexity index is 584. The fraction of sp³-hybridized carbons (Fsp3) is 0.438. The van der Waals surface area contributed by atoms with Crippen molar-refractivity contribution in [2.24, 2.45) is 0 Å². The van der Waals surface area contributed by atoms with Gasteiger partial charge in [-0.05, 0) is 19.1 Å². The highest BCUT2D eigenvalue weighted by molar-refractivity contribution is 5.79. The van der Waals surface area contributed by atoms with E-state index >= 15 is 0 Å². The predicted octanol–water partition coefficient (Wildman–Crippen LogP) is 0.525. The van der Waals surface area contributed by atoms with Crippen molar-refractivity contribution in [3.05, 3.63) is 36.1 Å². The maximum atomic E-state index is 12.1. The Hall–Kier alpha value is -1.85. The van der Waals surface area contributed by atoms with E-state index in [1.807, 2.05) is 37.3 Å². The third-order valence-corrected chi connectivity index (χ3v) is 3.86. The van der Waals surface area contributed by atoms with Crippen LogP contribution in [0.1, 0.15) is 18.7 Å². The first kappa shape index (κ1) is 14.1. The summed E-state index contributed by atoms with van der Waals surface area (Å²) >= 11 is 0. The molecule has 1 atom stereocenters. The van der Waals surface area contributed by atoms with Gasteiger partial charge in [0, 0.05) is 5.39 Å². The number of para-hydroxylation sites is 1. The highest BCUT2D eigenvalue weighted by atomic mass is 16.5. The van der Waals surface area contributed by atoms with Crippen LogP contribution in [0.3, 0.4) is 0 Å². The molecule has 0 radical (unpaired) electrons. The molecule has 1 aliphatic rings. The van der Waals surface area contributed by atoms with Crippen molar-refractivity contribution < 1.29 is 18.8 Å². The predicted molar refractivity (Wildman–Crippen MR) is 79.2 cm³/mol. The molecule has 0 spiro atoms. The van der Waals surface area contributed by atoms with Gasteiger partial charge in [0.05, 0.1) is 19.3 Å². The molecule has 1 aromatic heterocycles. The molecular formula is C16H21N2O3+. The average Bonchev–Trinajstić information content (AvgIpc) is 2.92. The van der Waals surface area contributed by atoms with Crippen LogP contribution < -0.4 is 10.2 Å². The van der Waals surface area contributed by atoms with E-state index in [1.54, 1.807) is 0 Å². The van der Waals surface area contributed by atoms with Crippen molar-refractivity contribution in [1.29, 1.82) is 0 Å². The van der Waals surface area contributed by atoms with Gasteiger partial charge in [-0.15, -0.1) is 0 Å². The molecule has 21 heavy (non-hydrogen) atoms. The van der Waals surface area contributed by atoms with Gasteiger partial charge in [-0.25, -0.2) is 0 Å². The monoisotopic (exact) mass is 289 g/mol. The van der Waals surface area contributed by atoms with Gasteiger partial charge in [0.2, 0.25) is 0 Å². The number of rotatable bonds is 4. The van der Waals surface area contributed by atoms with E-state index in [0.717, 1.165) is 43.0 Å². The smallest absolute Gasteiger partial charge is 0.275 e. The van der Waals surface area contributed by atoms with Gasteiger partial charge in [-0.1, -0.05) is 18.2 Å². The van der Waals surface area contributed by atoms with Crippen LogP contribution >= 0.6 is 0 Å². The highest BCUT2D eigenvalue weighted by Gasteiger charge is 2.20. The van der Waals surface area contributed by atoms with Crippen LogP contribution in [0, 0.1) is 0 Å². The SMILES string of the molecule is C[C@@H](NC(=O)C[NH+]1CCOCC1)c1cc2ccccc2o1. The summed E-state index contributed by atoms with van der Waals surface area (Å²) < 4.78 is 11.1. The molecule has 1 fully saturated rings. The summed E-state index contributed by atoms with van der Waals surface area (Å²) in [6.07, 6.45) is 0. The number of nitrogens with one attached hydrogen (secondary N) is 2. The van der Waals surface area contributed by atoms with Gasteiger partial charge in [-0.2, -0.15) is 0 Å². The Morgan fingerprint density at radius 3 is 2.86 bits per heavy atom. The van der Waals surface area contributed by atoms with Crippen molar-refractivity contribution in [2.75, 3.05) is 32.8 Å². The Balaban J connectivity index is 1.59. The number of amides is 1. The van der Waals surface area contributed by atoms with Crippen molar-refractivity contribution in [3.63, 3.8) is 0 Å². The van der Waals surface area contributed by atoms with E-state index in [1.165, 1.54) is 4.90 Å². The molecule has 0 aliphatic carbocycles. The van der Waals surface area contributed by atoms with Crippen LogP contribution in [-0.4, -0.2) is 38.8 Å². The number of hydrogen-bond donors (Lipinski definition) is 2. The number of quaternary nitrogens is 1. The quantitative estimate of drug-likeness (QED) is 0.863. The number of furan rings is 1. The molecule has 112 valence electrons. The molecule has 1 saturated heterocycles. The lowest BCUT2D eigenvalue weighted by Crippen LogP contribution is -3.15. The molecule has 2 N–H and O–H groups in total. The number of benzene rings is 1. The minimum Gasteiger partial charge on any atom is -0.459 e. The highest BCUT2D eigenvalue weighted by Crippen LogP contribution is 2.23. The summed E-state index contributed by atoms with van der Waals surface area (Å²) in [5.41, 5.74) is 0.854. The van der Waals surface area contributed by atoms with E-state index in [0.29, 0.717) is 6.54 Å². The van der Waals surface area contributed by atoms with Crippen LogP contribution in [0.4, 0.5) is 0 Å². The Labute approximate surface area is 123 Å². The van der Waals surface area contributed by atoms with Crippen LogP contribution in [0.2, 0.25) is 0 Å². The lowest BCUT2D eigenvalue weighted by Gasteiger charge is -2.23. The van der Waals surface area contributed by atoms with Gasteiger partial charge in [0.25, 0.3) is 5.91 Å². The third-order valence-electron chi connectivity index (χ3n) is 3.86. The summed E-state index contributed by atoms with van der Waals surface area (Å²) in [7, 11) is 0. The van der Waals surface area contributed by atoms with Crippen LogP contribution in [0.5, 0.6) is 0 Å². The second-order valence-electron chi connectivity index (χ2n) is 5.51. The Morgan fingerprint density at radius 1 is 1.33 bits per heavy atom. The second kappa shape index (κ2) is 6.28. The normalized spacial score (nSPS) is 17.8. The molecule has 5 heteroatoms. The second-order valence-corrected chi connectivity index (χ2v) is 5.51. The van der Waals surface area contributed by atoms with Crippen molar-refractivity contribution in [3.8, 4) is 0 Å². The molecule has 2 aromatic rings. The summed E-state index contributed by atoms with van der Waals surface area (Å²) in [6.45, 7) is 5.71. The molecule has 0 saturated carbocycles. The Kier molecular flexibility index (Phi) is 4.22. The fourth-order valence-electron chi connectivity index (χ4n) is 2.64. The van der Waals surface area contributed by atoms with Crippen molar-refractivity contribution >= 4 is 16.9 Å². The van der Waals surface area contributed by atoms with E-state index in [4.69, 9.17) is 9.15 Å². The summed E-state index contributed by atoms with van der Waals surface area (Å²) in [5.74, 6) is 0.849. The zero-order valence-corrected chi connectivity index (χ0v) is 12.2. The first-order chi connectivity index (χ1) is 10.2. The molecular weight excluding hydrogens is 268 g/mol. The molecule has 0 unspecified atom stereocenters. The zero-order chi connectivity index (χ0) is 14.7. The van der Waals surface area contributed by atoms with E-state index in [2.05, 4.69) is 5.32 Å². The van der Waals surface area contributed by atoms with Crippen molar-refractivity contribution in [1.82, 2.24) is 5.32 Å². The number of hydrogen-bond acceptors (Lipinski definition) is 3. The van der Waals surface area contributed by atoms with Gasteiger partial charge in [-0.3, -0.25) is 4.79 Å². The lowest BCUT2D eigenvalue weighted by atomic mass is 10.2. The maximum absolute atomic E-state index is 12.1. The molecule has 5 nitrogen and oxygen atoms in total. The number of carbonyl (C=O) groups is 1. The Morgan fingerprint density at radius 2 is 2.10 bits per heavy atom. The first-order valence-electron chi connectivity index (χ1n) is 7.41. The lowest BCUT2D eigenvalue weighted by molar-refractivity contribution is -0.900. The summed E-state index contributed by atoms with van der Waals surface area (Å²) in [4.78, 5) is 13.4. The summed E-state index contributed by atoms with van der Waals surface area (Å²) in [5, 5.41) is 4.07. The van der Waals surface area contributed by atoms with Gasteiger partial charge >= 0.3 is 0 Å². The van der Waals surface area contributed by atoms with Crippen molar-refractivity contribution in [2.45, 2.75) is 13.0 Å². The first-order valence-corrected chi connectivity index (χ1v) is 7.41. The standard InChI is InChI=1S/C16H20N2O3/c1-12(15-10-13-4-2-3-5-14(13)21-15)17-16(19)11-18-6-8-20-9-7-18/h2-5,10,12H,6-9,11H2,1H3,(H,17,19)/p+1/t12-/m1/s1. The van der Waals surface area contributed by atoms with E-state index in [9.17, 15) is 4.79 Å². The number of ether oxygens (including phenoxy) is 1. The van der Waals surface area contributed by atoms with Gasteiger partial charge < -0.3 is 19.4 Å². The minimum absolute atomic E-state index is 0.0554. The van der Waals surface area contributed by atoms with Crippen LogP contribution in [0.15, 0.2) is 34.7 Å². The topological polar surface area (TPSA) is 55.9 Å². The number of fused-ring (bicyclic) bond motifs is 1. The van der Waals surface area contributed by atoms with E-state index in [-0.39, 0.29) is 11.9 Å². The maximum Gasteiger partial charge on any atom is 0.275 e. The molecule has 1 aliphatic heterocycles. The number of morpholine rings is 1.